The summed E-state index contributed by atoms with van der Waals surface area (Å²) in [7, 11) is 0.150. The fourth-order valence-electron chi connectivity index (χ4n) is 4.35. The molecule has 2 rings (SSSR count). The Hall–Kier alpha value is 0.354. The Morgan fingerprint density at radius 3 is 1.30 bits per heavy atom. The molecular formula is C16H36N2Si2. The predicted molar refractivity (Wildman–Crippen MR) is 95.6 cm³/mol. The maximum Gasteiger partial charge on any atom is 0.0971 e. The minimum Gasteiger partial charge on any atom is -0.328 e. The number of rotatable bonds is 7. The third-order valence-electron chi connectivity index (χ3n) is 5.67. The van der Waals surface area contributed by atoms with Crippen LogP contribution in [0.5, 0.6) is 0 Å². The maximum absolute atomic E-state index is 2.97. The summed E-state index contributed by atoms with van der Waals surface area (Å²) < 4.78 is 5.94. The van der Waals surface area contributed by atoms with Gasteiger partial charge < -0.3 is 9.13 Å². The molecule has 0 aliphatic heterocycles. The monoisotopic (exact) mass is 312 g/mol. The average Bonchev–Trinajstić information content (AvgIpc) is 2.53. The highest BCUT2D eigenvalue weighted by Gasteiger charge is 2.23. The second kappa shape index (κ2) is 9.39. The molecule has 0 atom stereocenters. The maximum atomic E-state index is 2.97. The van der Waals surface area contributed by atoms with Gasteiger partial charge in [0.2, 0.25) is 0 Å². The molecule has 4 heteroatoms. The fourth-order valence-corrected chi connectivity index (χ4v) is 12.6. The average molecular weight is 313 g/mol. The quantitative estimate of drug-likeness (QED) is 0.666. The first-order valence-corrected chi connectivity index (χ1v) is 14.6. The summed E-state index contributed by atoms with van der Waals surface area (Å²) in [5.41, 5.74) is 0. The van der Waals surface area contributed by atoms with Gasteiger partial charge in [-0.15, -0.1) is 0 Å². The highest BCUT2D eigenvalue weighted by atomic mass is 29.2. The molecule has 0 bridgehead atoms. The topological polar surface area (TPSA) is 6.48 Å². The molecular weight excluding hydrogens is 276 g/mol. The van der Waals surface area contributed by atoms with Crippen molar-refractivity contribution in [2.75, 3.05) is 13.1 Å². The molecule has 118 valence electrons. The van der Waals surface area contributed by atoms with Crippen molar-refractivity contribution >= 4 is 18.4 Å². The van der Waals surface area contributed by atoms with Crippen molar-refractivity contribution in [3.63, 3.8) is 0 Å². The third-order valence-corrected chi connectivity index (χ3v) is 13.0. The number of hydrogen-bond acceptors (Lipinski definition) is 2. The molecule has 2 nitrogen and oxygen atoms in total. The van der Waals surface area contributed by atoms with Crippen molar-refractivity contribution in [2.24, 2.45) is 0 Å². The van der Waals surface area contributed by atoms with E-state index >= 15 is 0 Å². The van der Waals surface area contributed by atoms with E-state index in [0.717, 1.165) is 12.1 Å². The lowest BCUT2D eigenvalue weighted by atomic mass is 9.95. The third kappa shape index (κ3) is 4.97. The first-order chi connectivity index (χ1) is 9.85. The van der Waals surface area contributed by atoms with E-state index in [-0.39, 0.29) is 18.4 Å². The summed E-state index contributed by atoms with van der Waals surface area (Å²) in [5, 5.41) is 0. The number of nitrogens with zero attached hydrogens (tertiary/aromatic N) is 2. The molecule has 2 aliphatic carbocycles. The van der Waals surface area contributed by atoms with Gasteiger partial charge in [-0.05, 0) is 38.8 Å². The summed E-state index contributed by atoms with van der Waals surface area (Å²) in [5.74, 6) is 0. The van der Waals surface area contributed by atoms with Crippen LogP contribution in [0.1, 0.15) is 78.1 Å². The SMILES string of the molecule is CCN([SiH2][SiH2]N(CC)C1CCCCC1)C1CCCCC1. The summed E-state index contributed by atoms with van der Waals surface area (Å²) in [6.07, 6.45) is 15.0. The van der Waals surface area contributed by atoms with Gasteiger partial charge in [-0.1, -0.05) is 52.4 Å². The largest absolute Gasteiger partial charge is 0.328 e. The Morgan fingerprint density at radius 2 is 1.00 bits per heavy atom. The summed E-state index contributed by atoms with van der Waals surface area (Å²) in [4.78, 5) is 0. The molecule has 2 aliphatic rings. The zero-order valence-electron chi connectivity index (χ0n) is 13.9. The van der Waals surface area contributed by atoms with Crippen LogP contribution in [0.2, 0.25) is 0 Å². The lowest BCUT2D eigenvalue weighted by Crippen LogP contribution is -2.49. The molecule has 0 N–H and O–H groups in total. The van der Waals surface area contributed by atoms with Gasteiger partial charge in [0.25, 0.3) is 0 Å². The first-order valence-electron chi connectivity index (χ1n) is 9.33. The van der Waals surface area contributed by atoms with E-state index in [9.17, 15) is 0 Å². The summed E-state index contributed by atoms with van der Waals surface area (Å²) in [6.45, 7) is 7.50. The molecule has 0 spiro atoms. The standard InChI is InChI=1S/C16H36N2Si2/c1-3-17(15-11-7-5-8-12-15)19-20-18(4-2)16-13-9-6-10-14-16/h15-16H,3-14,19-20H2,1-2H3. The van der Waals surface area contributed by atoms with Gasteiger partial charge in [-0.3, -0.25) is 0 Å². The van der Waals surface area contributed by atoms with E-state index in [4.69, 9.17) is 0 Å². The van der Waals surface area contributed by atoms with Crippen molar-refractivity contribution in [1.82, 2.24) is 9.13 Å². The zero-order chi connectivity index (χ0) is 14.2. The second-order valence-electron chi connectivity index (χ2n) is 6.84. The Balaban J connectivity index is 1.77. The van der Waals surface area contributed by atoms with E-state index in [1.807, 2.05) is 0 Å². The Labute approximate surface area is 131 Å². The van der Waals surface area contributed by atoms with Crippen molar-refractivity contribution in [1.29, 1.82) is 0 Å². The van der Waals surface area contributed by atoms with E-state index < -0.39 is 0 Å². The number of hydrogen-bond donors (Lipinski definition) is 0. The van der Waals surface area contributed by atoms with Crippen LogP contribution >= 0.6 is 0 Å². The minimum atomic E-state index is 0.0751. The van der Waals surface area contributed by atoms with Crippen molar-refractivity contribution < 1.29 is 0 Å². The van der Waals surface area contributed by atoms with Gasteiger partial charge in [0.1, 0.15) is 0 Å². The molecule has 20 heavy (non-hydrogen) atoms. The van der Waals surface area contributed by atoms with E-state index in [1.54, 1.807) is 0 Å². The normalized spacial score (nSPS) is 24.0. The van der Waals surface area contributed by atoms with Crippen LogP contribution in [-0.2, 0) is 0 Å². The Bertz CT molecular complexity index is 225. The Kier molecular flexibility index (Phi) is 7.85. The van der Waals surface area contributed by atoms with Crippen molar-refractivity contribution in [3.05, 3.63) is 0 Å². The Morgan fingerprint density at radius 1 is 0.650 bits per heavy atom. The van der Waals surface area contributed by atoms with Crippen molar-refractivity contribution in [3.8, 4) is 0 Å². The molecule has 0 aromatic rings. The van der Waals surface area contributed by atoms with Crippen molar-refractivity contribution in [2.45, 2.75) is 90.1 Å². The molecule has 0 aromatic carbocycles. The molecule has 0 aromatic heterocycles. The van der Waals surface area contributed by atoms with Gasteiger partial charge in [0, 0.05) is 12.1 Å². The highest BCUT2D eigenvalue weighted by Crippen LogP contribution is 2.23. The molecule has 0 saturated heterocycles. The summed E-state index contributed by atoms with van der Waals surface area (Å²) >= 11 is 0. The van der Waals surface area contributed by atoms with Gasteiger partial charge in [-0.2, -0.15) is 0 Å². The highest BCUT2D eigenvalue weighted by molar-refractivity contribution is 6.97. The van der Waals surface area contributed by atoms with Crippen LogP contribution in [-0.4, -0.2) is 52.7 Å². The van der Waals surface area contributed by atoms with E-state index in [1.165, 1.54) is 77.3 Å². The first kappa shape index (κ1) is 16.7. The van der Waals surface area contributed by atoms with Crippen LogP contribution in [0.25, 0.3) is 0 Å². The molecule has 2 fully saturated rings. The van der Waals surface area contributed by atoms with E-state index in [0.29, 0.717) is 0 Å². The van der Waals surface area contributed by atoms with Crippen LogP contribution in [0, 0.1) is 0 Å². The van der Waals surface area contributed by atoms with Crippen LogP contribution in [0.4, 0.5) is 0 Å². The molecule has 0 amide bonds. The lowest BCUT2D eigenvalue weighted by Gasteiger charge is -2.38. The van der Waals surface area contributed by atoms with Gasteiger partial charge in [-0.25, -0.2) is 0 Å². The predicted octanol–water partition coefficient (Wildman–Crippen LogP) is 2.38. The van der Waals surface area contributed by atoms with Crippen LogP contribution in [0.3, 0.4) is 0 Å². The molecule has 0 radical (unpaired) electrons. The molecule has 2 saturated carbocycles. The fraction of sp³-hybridized carbons (Fsp3) is 1.00. The zero-order valence-corrected chi connectivity index (χ0v) is 16.8. The second-order valence-corrected chi connectivity index (χ2v) is 12.0. The van der Waals surface area contributed by atoms with Gasteiger partial charge in [0.05, 0.1) is 18.4 Å². The molecule has 0 heterocycles. The minimum absolute atomic E-state index is 0.0751. The smallest absolute Gasteiger partial charge is 0.0971 e. The van der Waals surface area contributed by atoms with E-state index in [2.05, 4.69) is 23.0 Å². The molecule has 0 unspecified atom stereocenters. The van der Waals surface area contributed by atoms with Crippen LogP contribution < -0.4 is 0 Å². The lowest BCUT2D eigenvalue weighted by molar-refractivity contribution is 0.258. The van der Waals surface area contributed by atoms with Gasteiger partial charge >= 0.3 is 0 Å². The summed E-state index contributed by atoms with van der Waals surface area (Å²) in [6, 6.07) is 1.97. The van der Waals surface area contributed by atoms with Gasteiger partial charge in [0.15, 0.2) is 0 Å². The van der Waals surface area contributed by atoms with Crippen LogP contribution in [0.15, 0.2) is 0 Å².